The molecule has 0 aliphatic heterocycles. The number of urea groups is 1. The zero-order valence-electron chi connectivity index (χ0n) is 13.6. The molecule has 1 rings (SSSR count). The minimum atomic E-state index is -0.891. The Kier molecular flexibility index (Phi) is 6.61. The van der Waals surface area contributed by atoms with Crippen LogP contribution >= 0.6 is 11.3 Å². The second kappa shape index (κ2) is 7.75. The summed E-state index contributed by atoms with van der Waals surface area (Å²) in [6.07, 6.45) is 0.868. The Labute approximate surface area is 131 Å². The average Bonchev–Trinajstić information content (AvgIpc) is 2.91. The lowest BCUT2D eigenvalue weighted by Gasteiger charge is -2.29. The largest absolute Gasteiger partial charge is 0.388 e. The van der Waals surface area contributed by atoms with Gasteiger partial charge in [0.25, 0.3) is 0 Å². The number of rotatable bonds is 7. The number of aliphatic hydroxyl groups is 1. The fourth-order valence-electron chi connectivity index (χ4n) is 1.78. The Balaban J connectivity index is 2.37. The second-order valence-electron chi connectivity index (χ2n) is 6.03. The van der Waals surface area contributed by atoms with Crippen molar-refractivity contribution in [3.8, 4) is 0 Å². The SMILES string of the molecule is CCC(C)C(C)(O)CNC(=O)NCc1csc(C(C)C)n1. The molecule has 120 valence electrons. The number of thiazole rings is 1. The van der Waals surface area contributed by atoms with Gasteiger partial charge in [-0.1, -0.05) is 34.1 Å². The monoisotopic (exact) mass is 313 g/mol. The molecule has 1 aromatic heterocycles. The first-order chi connectivity index (χ1) is 9.76. The van der Waals surface area contributed by atoms with Crippen LogP contribution in [0.1, 0.15) is 57.7 Å². The maximum atomic E-state index is 11.8. The number of nitrogens with one attached hydrogen (secondary N) is 2. The van der Waals surface area contributed by atoms with Crippen molar-refractivity contribution < 1.29 is 9.90 Å². The lowest BCUT2D eigenvalue weighted by Crippen LogP contribution is -2.47. The van der Waals surface area contributed by atoms with Gasteiger partial charge in [-0.15, -0.1) is 11.3 Å². The van der Waals surface area contributed by atoms with E-state index in [4.69, 9.17) is 0 Å². The van der Waals surface area contributed by atoms with E-state index in [1.54, 1.807) is 18.3 Å². The molecular weight excluding hydrogens is 286 g/mol. The van der Waals surface area contributed by atoms with Crippen LogP contribution in [0.3, 0.4) is 0 Å². The van der Waals surface area contributed by atoms with Gasteiger partial charge in [-0.05, 0) is 12.8 Å². The van der Waals surface area contributed by atoms with Gasteiger partial charge in [0.2, 0.25) is 0 Å². The predicted octanol–water partition coefficient (Wildman–Crippen LogP) is 2.86. The molecule has 0 aromatic carbocycles. The van der Waals surface area contributed by atoms with E-state index in [1.165, 1.54) is 0 Å². The van der Waals surface area contributed by atoms with E-state index in [-0.39, 0.29) is 18.5 Å². The number of nitrogens with zero attached hydrogens (tertiary/aromatic N) is 1. The minimum Gasteiger partial charge on any atom is -0.388 e. The molecule has 2 unspecified atom stereocenters. The van der Waals surface area contributed by atoms with Crippen LogP contribution in [0.25, 0.3) is 0 Å². The summed E-state index contributed by atoms with van der Waals surface area (Å²) < 4.78 is 0. The Hall–Kier alpha value is -1.14. The molecule has 2 atom stereocenters. The molecule has 3 N–H and O–H groups in total. The fraction of sp³-hybridized carbons (Fsp3) is 0.733. The van der Waals surface area contributed by atoms with E-state index in [1.807, 2.05) is 19.2 Å². The number of amides is 2. The molecule has 0 radical (unpaired) electrons. The van der Waals surface area contributed by atoms with Crippen LogP contribution in [0.5, 0.6) is 0 Å². The second-order valence-corrected chi connectivity index (χ2v) is 6.92. The summed E-state index contributed by atoms with van der Waals surface area (Å²) in [7, 11) is 0. The van der Waals surface area contributed by atoms with Gasteiger partial charge >= 0.3 is 6.03 Å². The highest BCUT2D eigenvalue weighted by molar-refractivity contribution is 7.09. The predicted molar refractivity (Wildman–Crippen MR) is 86.5 cm³/mol. The number of hydrogen-bond acceptors (Lipinski definition) is 4. The van der Waals surface area contributed by atoms with Gasteiger partial charge in [0.1, 0.15) is 0 Å². The van der Waals surface area contributed by atoms with Crippen molar-refractivity contribution in [1.82, 2.24) is 15.6 Å². The first-order valence-electron chi connectivity index (χ1n) is 7.44. The molecule has 0 aliphatic carbocycles. The summed E-state index contributed by atoms with van der Waals surface area (Å²) in [6, 6.07) is -0.280. The molecule has 5 nitrogen and oxygen atoms in total. The highest BCUT2D eigenvalue weighted by Gasteiger charge is 2.27. The molecule has 0 spiro atoms. The number of carbonyl (C=O) groups is 1. The Bertz CT molecular complexity index is 458. The van der Waals surface area contributed by atoms with Crippen LogP contribution in [0.2, 0.25) is 0 Å². The van der Waals surface area contributed by atoms with Gasteiger partial charge < -0.3 is 15.7 Å². The lowest BCUT2D eigenvalue weighted by atomic mass is 9.89. The third kappa shape index (κ3) is 5.63. The smallest absolute Gasteiger partial charge is 0.315 e. The summed E-state index contributed by atoms with van der Waals surface area (Å²) in [5, 5.41) is 18.7. The summed E-state index contributed by atoms with van der Waals surface area (Å²) in [4.78, 5) is 16.2. The van der Waals surface area contributed by atoms with Gasteiger partial charge in [0.05, 0.1) is 22.8 Å². The Morgan fingerprint density at radius 3 is 2.62 bits per heavy atom. The van der Waals surface area contributed by atoms with Crippen molar-refractivity contribution in [3.05, 3.63) is 16.1 Å². The van der Waals surface area contributed by atoms with Crippen molar-refractivity contribution in [1.29, 1.82) is 0 Å². The Morgan fingerprint density at radius 2 is 2.10 bits per heavy atom. The zero-order chi connectivity index (χ0) is 16.0. The van der Waals surface area contributed by atoms with E-state index in [9.17, 15) is 9.90 Å². The average molecular weight is 313 g/mol. The zero-order valence-corrected chi connectivity index (χ0v) is 14.4. The number of carbonyl (C=O) groups excluding carboxylic acids is 1. The minimum absolute atomic E-state index is 0.130. The van der Waals surface area contributed by atoms with E-state index in [0.717, 1.165) is 17.1 Å². The molecular formula is C15H27N3O2S. The maximum absolute atomic E-state index is 11.8. The van der Waals surface area contributed by atoms with Crippen molar-refractivity contribution in [3.63, 3.8) is 0 Å². The van der Waals surface area contributed by atoms with Crippen LogP contribution in [0.15, 0.2) is 5.38 Å². The van der Waals surface area contributed by atoms with E-state index < -0.39 is 5.60 Å². The van der Waals surface area contributed by atoms with E-state index in [0.29, 0.717) is 12.5 Å². The topological polar surface area (TPSA) is 74.2 Å². The normalized spacial score (nSPS) is 15.6. The van der Waals surface area contributed by atoms with Crippen LogP contribution in [-0.2, 0) is 6.54 Å². The van der Waals surface area contributed by atoms with E-state index >= 15 is 0 Å². The maximum Gasteiger partial charge on any atom is 0.315 e. The molecule has 0 saturated carbocycles. The van der Waals surface area contributed by atoms with Crippen LogP contribution in [0, 0.1) is 5.92 Å². The third-order valence-corrected chi connectivity index (χ3v) is 4.97. The molecule has 6 heteroatoms. The first kappa shape index (κ1) is 17.9. The quantitative estimate of drug-likeness (QED) is 0.724. The van der Waals surface area contributed by atoms with Gasteiger partial charge in [-0.25, -0.2) is 9.78 Å². The standard InChI is InChI=1S/C15H27N3O2S/c1-6-11(4)15(5,20)9-17-14(19)16-7-12-8-21-13(18-12)10(2)3/h8,10-11,20H,6-7,9H2,1-5H3,(H2,16,17,19). The lowest BCUT2D eigenvalue weighted by molar-refractivity contribution is 0.00790. The van der Waals surface area contributed by atoms with Crippen molar-refractivity contribution in [2.45, 2.75) is 59.1 Å². The molecule has 0 bridgehead atoms. The number of aromatic nitrogens is 1. The molecule has 1 heterocycles. The molecule has 0 aliphatic rings. The van der Waals surface area contributed by atoms with Gasteiger partial charge in [-0.3, -0.25) is 0 Å². The van der Waals surface area contributed by atoms with Crippen molar-refractivity contribution in [2.75, 3.05) is 6.54 Å². The first-order valence-corrected chi connectivity index (χ1v) is 8.32. The van der Waals surface area contributed by atoms with Gasteiger partial charge in [0, 0.05) is 17.8 Å². The third-order valence-electron chi connectivity index (χ3n) is 3.77. The summed E-state index contributed by atoms with van der Waals surface area (Å²) >= 11 is 1.61. The molecule has 2 amide bonds. The summed E-state index contributed by atoms with van der Waals surface area (Å²) in [5.74, 6) is 0.535. The molecule has 21 heavy (non-hydrogen) atoms. The summed E-state index contributed by atoms with van der Waals surface area (Å²) in [6.45, 7) is 10.6. The van der Waals surface area contributed by atoms with Gasteiger partial charge in [0.15, 0.2) is 0 Å². The van der Waals surface area contributed by atoms with Crippen LogP contribution in [-0.4, -0.2) is 28.3 Å². The van der Waals surface area contributed by atoms with Gasteiger partial charge in [-0.2, -0.15) is 0 Å². The van der Waals surface area contributed by atoms with Crippen molar-refractivity contribution >= 4 is 17.4 Å². The highest BCUT2D eigenvalue weighted by atomic mass is 32.1. The molecule has 0 fully saturated rings. The van der Waals surface area contributed by atoms with Crippen molar-refractivity contribution in [2.24, 2.45) is 5.92 Å². The molecule has 0 saturated heterocycles. The molecule has 1 aromatic rings. The van der Waals surface area contributed by atoms with Crippen LogP contribution < -0.4 is 10.6 Å². The fourth-order valence-corrected chi connectivity index (χ4v) is 2.61. The highest BCUT2D eigenvalue weighted by Crippen LogP contribution is 2.19. The number of hydrogen-bond donors (Lipinski definition) is 3. The van der Waals surface area contributed by atoms with E-state index in [2.05, 4.69) is 29.5 Å². The summed E-state index contributed by atoms with van der Waals surface area (Å²) in [5.41, 5.74) is -0.0232. The van der Waals surface area contributed by atoms with Crippen LogP contribution in [0.4, 0.5) is 4.79 Å². The Morgan fingerprint density at radius 1 is 1.43 bits per heavy atom.